The number of carbonyl (C=O) groups is 1. The van der Waals surface area contributed by atoms with E-state index in [0.717, 1.165) is 16.8 Å². The number of methoxy groups -OCH3 is 1. The van der Waals surface area contributed by atoms with Crippen molar-refractivity contribution in [2.75, 3.05) is 19.9 Å². The molecule has 22 heavy (non-hydrogen) atoms. The fourth-order valence-corrected chi connectivity index (χ4v) is 2.38. The molecule has 2 N–H and O–H groups in total. The smallest absolute Gasteiger partial charge is 0.186 e. The molecule has 120 valence electrons. The van der Waals surface area contributed by atoms with Gasteiger partial charge in [-0.25, -0.2) is 0 Å². The van der Waals surface area contributed by atoms with Gasteiger partial charge in [-0.3, -0.25) is 5.43 Å². The van der Waals surface area contributed by atoms with Crippen molar-refractivity contribution in [1.82, 2.24) is 10.7 Å². The first-order valence-electron chi connectivity index (χ1n) is 6.44. The van der Waals surface area contributed by atoms with Crippen molar-refractivity contribution in [3.63, 3.8) is 0 Å². The number of nitrogens with zero attached hydrogens (tertiary/aromatic N) is 1. The number of ether oxygens (including phenoxy) is 1. The van der Waals surface area contributed by atoms with E-state index in [-0.39, 0.29) is 5.75 Å². The Kier molecular flexibility index (Phi) is 7.69. The van der Waals surface area contributed by atoms with Gasteiger partial charge in [0.25, 0.3) is 0 Å². The standard InChI is InChI=1S/C14H19N3O3S2/c1-9(16-17-14(21)15-2)10-4-5-12(20-3)11(6-10)7-22-8-13(18)19/h4-6H,7-8H2,1-3H3,(H,18,19)(H2,15,17,21)/p-1/b16-9-. The zero-order chi connectivity index (χ0) is 16.5. The minimum Gasteiger partial charge on any atom is -0.549 e. The lowest BCUT2D eigenvalue weighted by molar-refractivity contribution is -0.301. The fraction of sp³-hybridized carbons (Fsp3) is 0.357. The summed E-state index contributed by atoms with van der Waals surface area (Å²) in [5, 5.41) is 17.9. The highest BCUT2D eigenvalue weighted by Crippen LogP contribution is 2.24. The molecule has 0 atom stereocenters. The number of aliphatic carboxylic acids is 1. The van der Waals surface area contributed by atoms with Gasteiger partial charge in [0, 0.05) is 24.1 Å². The summed E-state index contributed by atoms with van der Waals surface area (Å²) in [4.78, 5) is 10.5. The predicted molar refractivity (Wildman–Crippen MR) is 91.2 cm³/mol. The average Bonchev–Trinajstić information content (AvgIpc) is 2.51. The maximum Gasteiger partial charge on any atom is 0.186 e. The van der Waals surface area contributed by atoms with E-state index in [9.17, 15) is 9.90 Å². The van der Waals surface area contributed by atoms with Gasteiger partial charge in [0.2, 0.25) is 0 Å². The van der Waals surface area contributed by atoms with Crippen LogP contribution in [0.1, 0.15) is 18.1 Å². The molecule has 0 spiro atoms. The van der Waals surface area contributed by atoms with E-state index in [1.165, 1.54) is 11.8 Å². The number of thioether (sulfide) groups is 1. The molecular formula is C14H18N3O3S2-. The van der Waals surface area contributed by atoms with Gasteiger partial charge in [0.1, 0.15) is 5.75 Å². The van der Waals surface area contributed by atoms with E-state index < -0.39 is 5.97 Å². The zero-order valence-electron chi connectivity index (χ0n) is 12.6. The van der Waals surface area contributed by atoms with E-state index in [1.54, 1.807) is 14.2 Å². The van der Waals surface area contributed by atoms with Crippen molar-refractivity contribution >= 4 is 40.8 Å². The highest BCUT2D eigenvalue weighted by Gasteiger charge is 2.07. The van der Waals surface area contributed by atoms with Gasteiger partial charge >= 0.3 is 0 Å². The molecule has 0 saturated heterocycles. The third-order valence-electron chi connectivity index (χ3n) is 2.73. The van der Waals surface area contributed by atoms with Crippen LogP contribution in [0.3, 0.4) is 0 Å². The summed E-state index contributed by atoms with van der Waals surface area (Å²) < 4.78 is 5.29. The number of carboxylic acid groups (broad SMARTS) is 1. The number of hydrogen-bond donors (Lipinski definition) is 2. The van der Waals surface area contributed by atoms with Gasteiger partial charge < -0.3 is 20.0 Å². The van der Waals surface area contributed by atoms with Crippen LogP contribution >= 0.6 is 24.0 Å². The topological polar surface area (TPSA) is 85.8 Å². The Morgan fingerprint density at radius 3 is 2.82 bits per heavy atom. The van der Waals surface area contributed by atoms with Crippen LogP contribution in [0, 0.1) is 0 Å². The number of carbonyl (C=O) groups excluding carboxylic acids is 1. The van der Waals surface area contributed by atoms with Crippen molar-refractivity contribution in [3.8, 4) is 5.75 Å². The quantitative estimate of drug-likeness (QED) is 0.424. The van der Waals surface area contributed by atoms with Crippen molar-refractivity contribution in [1.29, 1.82) is 0 Å². The summed E-state index contributed by atoms with van der Waals surface area (Å²) >= 11 is 6.21. The predicted octanol–water partition coefficient (Wildman–Crippen LogP) is 0.496. The number of benzene rings is 1. The number of hydrogen-bond acceptors (Lipinski definition) is 6. The minimum atomic E-state index is -1.08. The van der Waals surface area contributed by atoms with Crippen LogP contribution in [0.25, 0.3) is 0 Å². The molecule has 8 heteroatoms. The Balaban J connectivity index is 2.88. The molecule has 1 rings (SSSR count). The highest BCUT2D eigenvalue weighted by atomic mass is 32.2. The molecule has 0 saturated carbocycles. The van der Waals surface area contributed by atoms with E-state index in [4.69, 9.17) is 17.0 Å². The largest absolute Gasteiger partial charge is 0.549 e. The Hall–Kier alpha value is -1.80. The van der Waals surface area contributed by atoms with Crippen LogP contribution in [0.4, 0.5) is 0 Å². The highest BCUT2D eigenvalue weighted by molar-refractivity contribution is 7.99. The molecule has 0 aliphatic carbocycles. The number of carboxylic acids is 1. The Morgan fingerprint density at radius 1 is 1.50 bits per heavy atom. The van der Waals surface area contributed by atoms with Gasteiger partial charge in [-0.1, -0.05) is 0 Å². The second-order valence-corrected chi connectivity index (χ2v) is 5.67. The van der Waals surface area contributed by atoms with Gasteiger partial charge in [-0.05, 0) is 42.9 Å². The summed E-state index contributed by atoms with van der Waals surface area (Å²) in [5.74, 6) is 0.0859. The monoisotopic (exact) mass is 340 g/mol. The van der Waals surface area contributed by atoms with Crippen LogP contribution in [-0.2, 0) is 10.5 Å². The van der Waals surface area contributed by atoms with Crippen molar-refractivity contribution < 1.29 is 14.6 Å². The average molecular weight is 340 g/mol. The van der Waals surface area contributed by atoms with Crippen LogP contribution in [0.15, 0.2) is 23.3 Å². The Bertz CT molecular complexity index is 576. The molecule has 0 fully saturated rings. The Morgan fingerprint density at radius 2 is 2.23 bits per heavy atom. The van der Waals surface area contributed by atoms with Gasteiger partial charge in [-0.2, -0.15) is 16.9 Å². The van der Waals surface area contributed by atoms with Crippen molar-refractivity contribution in [2.24, 2.45) is 5.10 Å². The van der Waals surface area contributed by atoms with Crippen LogP contribution in [-0.4, -0.2) is 36.7 Å². The molecule has 1 aromatic carbocycles. The lowest BCUT2D eigenvalue weighted by Gasteiger charge is -2.11. The van der Waals surface area contributed by atoms with Gasteiger partial charge in [-0.15, -0.1) is 0 Å². The maximum atomic E-state index is 10.5. The van der Waals surface area contributed by atoms with Gasteiger partial charge in [0.15, 0.2) is 5.11 Å². The second-order valence-electron chi connectivity index (χ2n) is 4.28. The summed E-state index contributed by atoms with van der Waals surface area (Å²) in [6, 6.07) is 5.64. The first-order valence-corrected chi connectivity index (χ1v) is 8.01. The number of rotatable bonds is 7. The molecule has 6 nitrogen and oxygen atoms in total. The first kappa shape index (κ1) is 18.2. The zero-order valence-corrected chi connectivity index (χ0v) is 14.3. The van der Waals surface area contributed by atoms with E-state index in [2.05, 4.69) is 15.8 Å². The molecular weight excluding hydrogens is 322 g/mol. The number of nitrogens with one attached hydrogen (secondary N) is 2. The second kappa shape index (κ2) is 9.26. The molecule has 1 aromatic rings. The van der Waals surface area contributed by atoms with Crippen LogP contribution in [0.2, 0.25) is 0 Å². The summed E-state index contributed by atoms with van der Waals surface area (Å²) in [6.45, 7) is 1.85. The first-order chi connectivity index (χ1) is 10.5. The molecule has 0 unspecified atom stereocenters. The van der Waals surface area contributed by atoms with Gasteiger partial charge in [0.05, 0.1) is 18.8 Å². The molecule has 0 bridgehead atoms. The summed E-state index contributed by atoms with van der Waals surface area (Å²) in [5.41, 5.74) is 5.28. The maximum absolute atomic E-state index is 10.5. The van der Waals surface area contributed by atoms with E-state index in [1.807, 2.05) is 25.1 Å². The van der Waals surface area contributed by atoms with E-state index >= 15 is 0 Å². The van der Waals surface area contributed by atoms with Crippen LogP contribution in [0.5, 0.6) is 5.75 Å². The summed E-state index contributed by atoms with van der Waals surface area (Å²) in [7, 11) is 3.29. The fourth-order valence-electron chi connectivity index (χ4n) is 1.62. The molecule has 0 heterocycles. The third kappa shape index (κ3) is 5.90. The molecule has 0 aliphatic rings. The number of hydrazone groups is 1. The molecule has 0 radical (unpaired) electrons. The lowest BCUT2D eigenvalue weighted by atomic mass is 10.1. The lowest BCUT2D eigenvalue weighted by Crippen LogP contribution is -2.29. The van der Waals surface area contributed by atoms with Crippen LogP contribution < -0.4 is 20.6 Å². The number of thiocarbonyl (C=S) groups is 1. The minimum absolute atomic E-state index is 0.0571. The van der Waals surface area contributed by atoms with Crippen molar-refractivity contribution in [3.05, 3.63) is 29.3 Å². The normalized spacial score (nSPS) is 11.0. The third-order valence-corrected chi connectivity index (χ3v) is 3.98. The SMILES string of the molecule is CNC(=S)N/N=C(/C)c1ccc(OC)c(CSCC(=O)[O-])c1. The van der Waals surface area contributed by atoms with Crippen molar-refractivity contribution in [2.45, 2.75) is 12.7 Å². The summed E-state index contributed by atoms with van der Waals surface area (Å²) in [6.07, 6.45) is 0. The molecule has 0 aliphatic heterocycles. The van der Waals surface area contributed by atoms with E-state index in [0.29, 0.717) is 16.6 Å². The molecule has 0 aromatic heterocycles. The molecule has 0 amide bonds. The Labute approximate surface area is 139 Å².